The third-order valence-corrected chi connectivity index (χ3v) is 2.52. The summed E-state index contributed by atoms with van der Waals surface area (Å²) in [5.74, 6) is -9.50. The Morgan fingerprint density at radius 1 is 0.750 bits per heavy atom. The first kappa shape index (κ1) is 41.4. The van der Waals surface area contributed by atoms with Crippen molar-refractivity contribution in [1.29, 1.82) is 0 Å². The second-order valence-electron chi connectivity index (χ2n) is 4.27. The number of aliphatic carboxylic acids is 5. The van der Waals surface area contributed by atoms with Gasteiger partial charge in [-0.05, 0) is 20.8 Å². The SMILES string of the molecule is CC(C(=O)O)=C(O)O.CC(C(=O)O)C(=O)O.CC(Cl)(C(=O)O)C(=O)O.[Pt].[Pt].[Pt]. The van der Waals surface area contributed by atoms with Gasteiger partial charge < -0.3 is 35.7 Å². The maximum Gasteiger partial charge on any atom is 0.338 e. The minimum Gasteiger partial charge on any atom is -0.481 e. The van der Waals surface area contributed by atoms with Gasteiger partial charge in [0.25, 0.3) is 5.95 Å². The molecule has 0 bridgehead atoms. The van der Waals surface area contributed by atoms with E-state index in [9.17, 15) is 24.0 Å². The summed E-state index contributed by atoms with van der Waals surface area (Å²) in [4.78, 5) is 47.0. The second kappa shape index (κ2) is 19.4. The maximum atomic E-state index is 9.95. The average Bonchev–Trinajstić information content (AvgIpc) is 2.45. The van der Waals surface area contributed by atoms with Crippen molar-refractivity contribution in [3.8, 4) is 0 Å². The van der Waals surface area contributed by atoms with Gasteiger partial charge in [-0.15, -0.1) is 0 Å². The first-order valence-electron chi connectivity index (χ1n) is 5.93. The van der Waals surface area contributed by atoms with Crippen LogP contribution in [0.15, 0.2) is 11.5 Å². The van der Waals surface area contributed by atoms with Crippen LogP contribution in [0.4, 0.5) is 0 Å². The molecule has 0 radical (unpaired) electrons. The molecular weight excluding hydrogens is 957 g/mol. The molecule has 0 aliphatic heterocycles. The monoisotopic (exact) mass is 973 g/mol. The first-order valence-corrected chi connectivity index (χ1v) is 6.31. The van der Waals surface area contributed by atoms with Crippen molar-refractivity contribution in [3.05, 3.63) is 11.5 Å². The smallest absolute Gasteiger partial charge is 0.338 e. The molecule has 0 spiro atoms. The fourth-order valence-corrected chi connectivity index (χ4v) is 0.293. The number of hydrogen-bond acceptors (Lipinski definition) is 7. The van der Waals surface area contributed by atoms with E-state index in [2.05, 4.69) is 0 Å². The normalized spacial score (nSPS) is 8.46. The molecule has 0 aromatic carbocycles. The second-order valence-corrected chi connectivity index (χ2v) is 5.02. The van der Waals surface area contributed by atoms with Gasteiger partial charge in [0, 0.05) is 63.2 Å². The van der Waals surface area contributed by atoms with Crippen molar-refractivity contribution >= 4 is 41.4 Å². The molecule has 0 fully saturated rings. The van der Waals surface area contributed by atoms with Crippen molar-refractivity contribution in [3.63, 3.8) is 0 Å². The van der Waals surface area contributed by atoms with Crippen molar-refractivity contribution in [1.82, 2.24) is 0 Å². The van der Waals surface area contributed by atoms with Crippen LogP contribution in [-0.4, -0.2) is 70.5 Å². The summed E-state index contributed by atoms with van der Waals surface area (Å²) in [6, 6.07) is 0. The van der Waals surface area contributed by atoms with Gasteiger partial charge in [-0.1, -0.05) is 11.6 Å². The molecule has 0 unspecified atom stereocenters. The summed E-state index contributed by atoms with van der Waals surface area (Å²) >= 11 is 5.01. The van der Waals surface area contributed by atoms with Crippen LogP contribution in [0.25, 0.3) is 0 Å². The Hall–Kier alpha value is -0.955. The fourth-order valence-electron chi connectivity index (χ4n) is 0.293. The first-order chi connectivity index (χ1) is 11.0. The number of hydrogen-bond donors (Lipinski definition) is 7. The summed E-state index contributed by atoms with van der Waals surface area (Å²) in [5, 5.41) is 56.2. The van der Waals surface area contributed by atoms with E-state index < -0.39 is 52.2 Å². The van der Waals surface area contributed by atoms with Crippen LogP contribution in [0.2, 0.25) is 0 Å². The van der Waals surface area contributed by atoms with E-state index in [1.54, 1.807) is 0 Å². The van der Waals surface area contributed by atoms with Crippen LogP contribution < -0.4 is 0 Å². The van der Waals surface area contributed by atoms with E-state index in [1.165, 1.54) is 0 Å². The standard InChI is InChI=1S/C4H5ClO4.2C4H6O4.3Pt/c1-4(5,2(6)7)3(8)9;2*1-2(3(5)6)4(7)8;;;/h1H3,(H,6,7)(H,8,9);5-6H,1H3,(H,7,8);2H,1H3,(H,5,6)(H,7,8);;;. The Balaban J connectivity index is -0.0000000617. The summed E-state index contributed by atoms with van der Waals surface area (Å²) in [7, 11) is 0. The van der Waals surface area contributed by atoms with Crippen molar-refractivity contribution in [2.24, 2.45) is 5.92 Å². The average molecular weight is 974 g/mol. The van der Waals surface area contributed by atoms with E-state index in [4.69, 9.17) is 47.3 Å². The number of carboxylic acids is 5. The Morgan fingerprint density at radius 3 is 1.00 bits per heavy atom. The topological polar surface area (TPSA) is 227 Å². The van der Waals surface area contributed by atoms with Gasteiger partial charge in [-0.3, -0.25) is 9.59 Å². The molecule has 0 aliphatic carbocycles. The molecule has 0 saturated heterocycles. The fraction of sp³-hybridized carbons (Fsp3) is 0.417. The Kier molecular flexibility index (Phi) is 28.6. The Labute approximate surface area is 206 Å². The van der Waals surface area contributed by atoms with Gasteiger partial charge >= 0.3 is 29.8 Å². The Morgan fingerprint density at radius 2 is 1.00 bits per heavy atom. The van der Waals surface area contributed by atoms with Crippen LogP contribution >= 0.6 is 11.6 Å². The molecule has 0 atom stereocenters. The molecule has 0 rings (SSSR count). The van der Waals surface area contributed by atoms with Gasteiger partial charge in [0.2, 0.25) is 4.87 Å². The minimum absolute atomic E-state index is 0. The number of halogens is 1. The minimum atomic E-state index is -2.19. The molecule has 0 saturated carbocycles. The summed E-state index contributed by atoms with van der Waals surface area (Å²) < 4.78 is 0. The van der Waals surface area contributed by atoms with Gasteiger partial charge in [0.1, 0.15) is 5.57 Å². The molecule has 0 aliphatic rings. The zero-order valence-corrected chi connectivity index (χ0v) is 21.6. The molecule has 174 valence electrons. The largest absolute Gasteiger partial charge is 0.481 e. The molecule has 0 amide bonds. The number of aliphatic hydroxyl groups excluding tert-OH is 1. The molecule has 0 heterocycles. The van der Waals surface area contributed by atoms with Crippen LogP contribution in [0, 0.1) is 5.92 Å². The van der Waals surface area contributed by atoms with Crippen LogP contribution in [-0.2, 0) is 87.2 Å². The predicted molar refractivity (Wildman–Crippen MR) is 79.6 cm³/mol. The van der Waals surface area contributed by atoms with Gasteiger partial charge in [-0.25, -0.2) is 14.4 Å². The quantitative estimate of drug-likeness (QED) is 0.0859. The summed E-state index contributed by atoms with van der Waals surface area (Å²) in [5.41, 5.74) is -0.454. The van der Waals surface area contributed by atoms with E-state index in [1.807, 2.05) is 0 Å². The number of alkyl halides is 1. The number of carboxylic acid groups (broad SMARTS) is 5. The molecule has 16 heteroatoms. The zero-order chi connectivity index (χ0) is 21.1. The number of rotatable bonds is 5. The summed E-state index contributed by atoms with van der Waals surface area (Å²) in [6.45, 7) is 3.11. The summed E-state index contributed by atoms with van der Waals surface area (Å²) in [6.07, 6.45) is 0. The van der Waals surface area contributed by atoms with E-state index in [0.29, 0.717) is 0 Å². The van der Waals surface area contributed by atoms with Crippen LogP contribution in [0.1, 0.15) is 20.8 Å². The van der Waals surface area contributed by atoms with E-state index >= 15 is 0 Å². The van der Waals surface area contributed by atoms with Crippen molar-refractivity contribution in [2.75, 3.05) is 0 Å². The number of carbonyl (C=O) groups is 5. The molecule has 0 aromatic heterocycles. The number of aliphatic hydroxyl groups is 2. The molecular formula is C12H17ClO12Pt3. The van der Waals surface area contributed by atoms with Gasteiger partial charge in [0.15, 0.2) is 5.92 Å². The third-order valence-electron chi connectivity index (χ3n) is 2.20. The van der Waals surface area contributed by atoms with E-state index in [0.717, 1.165) is 20.8 Å². The molecule has 12 nitrogen and oxygen atoms in total. The van der Waals surface area contributed by atoms with Crippen LogP contribution in [0.5, 0.6) is 0 Å². The van der Waals surface area contributed by atoms with Gasteiger partial charge in [-0.2, -0.15) is 0 Å². The molecule has 0 aromatic rings. The molecule has 28 heavy (non-hydrogen) atoms. The predicted octanol–water partition coefficient (Wildman–Crippen LogP) is 0.356. The Bertz CT molecular complexity index is 542. The van der Waals surface area contributed by atoms with Crippen molar-refractivity contribution < 1.29 is 123 Å². The third kappa shape index (κ3) is 19.8. The van der Waals surface area contributed by atoms with E-state index in [-0.39, 0.29) is 63.2 Å². The van der Waals surface area contributed by atoms with Crippen LogP contribution in [0.3, 0.4) is 0 Å². The maximum absolute atomic E-state index is 9.95. The zero-order valence-electron chi connectivity index (χ0n) is 14.1. The van der Waals surface area contributed by atoms with Crippen molar-refractivity contribution in [2.45, 2.75) is 25.6 Å². The van der Waals surface area contributed by atoms with Gasteiger partial charge in [0.05, 0.1) is 0 Å². The molecule has 7 N–H and O–H groups in total.